The second-order valence-electron chi connectivity index (χ2n) is 6.18. The van der Waals surface area contributed by atoms with Crippen LogP contribution >= 0.6 is 0 Å². The number of nitrogens with zero attached hydrogens (tertiary/aromatic N) is 1. The van der Waals surface area contributed by atoms with Crippen LogP contribution < -0.4 is 4.18 Å². The Morgan fingerprint density at radius 3 is 2.19 bits per heavy atom. The summed E-state index contributed by atoms with van der Waals surface area (Å²) in [5.41, 5.74) is 0.819. The largest absolute Gasteiger partial charge is 0.379 e. The summed E-state index contributed by atoms with van der Waals surface area (Å²) < 4.78 is 47.3. The Balaban J connectivity index is 2.10. The van der Waals surface area contributed by atoms with Crippen LogP contribution in [0.5, 0.6) is 5.75 Å². The standard InChI is InChI=1S/C19H22FNO5S/c1-14(2)21(19(22)13-25-3)12-15-4-8-17(9-5-15)26-27(23,24)18-10-6-16(20)7-11-18/h4-11,14H,12-13H2,1-3H3. The number of rotatable bonds is 8. The van der Waals surface area contributed by atoms with Gasteiger partial charge in [0.25, 0.3) is 0 Å². The lowest BCUT2D eigenvalue weighted by atomic mass is 10.2. The van der Waals surface area contributed by atoms with Crippen LogP contribution in [0.15, 0.2) is 53.4 Å². The fraction of sp³-hybridized carbons (Fsp3) is 0.316. The van der Waals surface area contributed by atoms with Crippen LogP contribution in [0.25, 0.3) is 0 Å². The third-order valence-electron chi connectivity index (χ3n) is 3.80. The number of hydrogen-bond acceptors (Lipinski definition) is 5. The van der Waals surface area contributed by atoms with Gasteiger partial charge >= 0.3 is 10.1 Å². The van der Waals surface area contributed by atoms with Gasteiger partial charge in [-0.2, -0.15) is 8.42 Å². The zero-order valence-electron chi connectivity index (χ0n) is 15.4. The minimum atomic E-state index is -4.05. The van der Waals surface area contributed by atoms with Gasteiger partial charge in [0, 0.05) is 19.7 Å². The topological polar surface area (TPSA) is 72.9 Å². The molecule has 0 N–H and O–H groups in total. The third kappa shape index (κ3) is 5.77. The first-order valence-corrected chi connectivity index (χ1v) is 9.71. The van der Waals surface area contributed by atoms with Gasteiger partial charge in [-0.05, 0) is 55.8 Å². The number of benzene rings is 2. The van der Waals surface area contributed by atoms with E-state index in [2.05, 4.69) is 0 Å². The van der Waals surface area contributed by atoms with Gasteiger partial charge in [0.05, 0.1) is 0 Å². The average molecular weight is 395 g/mol. The van der Waals surface area contributed by atoms with Crippen LogP contribution in [-0.4, -0.2) is 39.0 Å². The average Bonchev–Trinajstić information content (AvgIpc) is 2.61. The number of methoxy groups -OCH3 is 1. The van der Waals surface area contributed by atoms with Crippen molar-refractivity contribution in [3.8, 4) is 5.75 Å². The molecule has 0 aromatic heterocycles. The minimum Gasteiger partial charge on any atom is -0.379 e. The highest BCUT2D eigenvalue weighted by Gasteiger charge is 2.18. The summed E-state index contributed by atoms with van der Waals surface area (Å²) in [4.78, 5) is 13.6. The first kappa shape index (κ1) is 20.9. The van der Waals surface area contributed by atoms with Crippen molar-refractivity contribution in [1.82, 2.24) is 4.90 Å². The van der Waals surface area contributed by atoms with Crippen LogP contribution in [0.4, 0.5) is 4.39 Å². The molecule has 146 valence electrons. The maximum absolute atomic E-state index is 12.9. The number of ether oxygens (including phenoxy) is 1. The Morgan fingerprint density at radius 2 is 1.67 bits per heavy atom. The molecule has 1 amide bonds. The van der Waals surface area contributed by atoms with Gasteiger partial charge in [0.1, 0.15) is 23.1 Å². The lowest BCUT2D eigenvalue weighted by molar-refractivity contribution is -0.137. The van der Waals surface area contributed by atoms with Gasteiger partial charge in [0.2, 0.25) is 5.91 Å². The van der Waals surface area contributed by atoms with Crippen LogP contribution in [0.3, 0.4) is 0 Å². The molecule has 0 radical (unpaired) electrons. The van der Waals surface area contributed by atoms with E-state index in [4.69, 9.17) is 8.92 Å². The molecule has 8 heteroatoms. The molecule has 0 fully saturated rings. The highest BCUT2D eigenvalue weighted by molar-refractivity contribution is 7.87. The lowest BCUT2D eigenvalue weighted by Gasteiger charge is -2.26. The first-order valence-electron chi connectivity index (χ1n) is 8.30. The highest BCUT2D eigenvalue weighted by atomic mass is 32.2. The van der Waals surface area contributed by atoms with E-state index in [1.165, 1.54) is 19.2 Å². The molecule has 0 bridgehead atoms. The zero-order chi connectivity index (χ0) is 20.0. The van der Waals surface area contributed by atoms with E-state index < -0.39 is 15.9 Å². The maximum Gasteiger partial charge on any atom is 0.339 e. The maximum atomic E-state index is 12.9. The molecule has 0 aliphatic heterocycles. The summed E-state index contributed by atoms with van der Waals surface area (Å²) in [6, 6.07) is 10.8. The summed E-state index contributed by atoms with van der Waals surface area (Å²) in [5.74, 6) is -0.537. The normalized spacial score (nSPS) is 11.4. The van der Waals surface area contributed by atoms with E-state index in [0.717, 1.165) is 29.8 Å². The molecule has 0 saturated heterocycles. The highest BCUT2D eigenvalue weighted by Crippen LogP contribution is 2.20. The summed E-state index contributed by atoms with van der Waals surface area (Å²) >= 11 is 0. The van der Waals surface area contributed by atoms with E-state index in [1.807, 2.05) is 13.8 Å². The molecule has 2 aromatic rings. The van der Waals surface area contributed by atoms with Crippen LogP contribution in [0.2, 0.25) is 0 Å². The predicted molar refractivity (Wildman–Crippen MR) is 98.2 cm³/mol. The molecule has 2 aromatic carbocycles. The van der Waals surface area contributed by atoms with Crippen molar-refractivity contribution >= 4 is 16.0 Å². The van der Waals surface area contributed by atoms with Gasteiger partial charge in [-0.25, -0.2) is 4.39 Å². The van der Waals surface area contributed by atoms with Crippen molar-refractivity contribution < 1.29 is 26.5 Å². The Hall–Kier alpha value is -2.45. The molecule has 2 rings (SSSR count). The molecule has 0 atom stereocenters. The molecular formula is C19H22FNO5S. The predicted octanol–water partition coefficient (Wildman–Crippen LogP) is 2.98. The van der Waals surface area contributed by atoms with Crippen LogP contribution in [0.1, 0.15) is 19.4 Å². The zero-order valence-corrected chi connectivity index (χ0v) is 16.2. The molecule has 0 aliphatic carbocycles. The molecule has 6 nitrogen and oxygen atoms in total. The number of amides is 1. The summed E-state index contributed by atoms with van der Waals surface area (Å²) in [5, 5.41) is 0. The Labute approximate surface area is 158 Å². The van der Waals surface area contributed by atoms with Crippen molar-refractivity contribution in [1.29, 1.82) is 0 Å². The van der Waals surface area contributed by atoms with Crippen molar-refractivity contribution in [2.75, 3.05) is 13.7 Å². The monoisotopic (exact) mass is 395 g/mol. The SMILES string of the molecule is COCC(=O)N(Cc1ccc(OS(=O)(=O)c2ccc(F)cc2)cc1)C(C)C. The van der Waals surface area contributed by atoms with Gasteiger partial charge in [0.15, 0.2) is 0 Å². The van der Waals surface area contributed by atoms with E-state index in [-0.39, 0.29) is 29.2 Å². The van der Waals surface area contributed by atoms with E-state index in [1.54, 1.807) is 17.0 Å². The van der Waals surface area contributed by atoms with Crippen LogP contribution in [0, 0.1) is 5.82 Å². The minimum absolute atomic E-state index is 0.00467. The van der Waals surface area contributed by atoms with Gasteiger partial charge in [-0.3, -0.25) is 4.79 Å². The number of halogens is 1. The van der Waals surface area contributed by atoms with Crippen LogP contribution in [-0.2, 0) is 26.2 Å². The van der Waals surface area contributed by atoms with Gasteiger partial charge in [-0.15, -0.1) is 0 Å². The molecule has 0 saturated carbocycles. The van der Waals surface area contributed by atoms with E-state index >= 15 is 0 Å². The molecule has 0 heterocycles. The molecule has 27 heavy (non-hydrogen) atoms. The van der Waals surface area contributed by atoms with Crippen molar-refractivity contribution in [2.45, 2.75) is 31.3 Å². The van der Waals surface area contributed by atoms with Gasteiger partial charge < -0.3 is 13.8 Å². The third-order valence-corrected chi connectivity index (χ3v) is 5.06. The molecule has 0 aliphatic rings. The smallest absolute Gasteiger partial charge is 0.339 e. The first-order chi connectivity index (χ1) is 12.7. The Kier molecular flexibility index (Phi) is 6.92. The Bertz CT molecular complexity index is 864. The molecule has 0 unspecified atom stereocenters. The lowest BCUT2D eigenvalue weighted by Crippen LogP contribution is -2.38. The second kappa shape index (κ2) is 8.96. The molecular weight excluding hydrogens is 373 g/mol. The fourth-order valence-electron chi connectivity index (χ4n) is 2.39. The number of hydrogen-bond donors (Lipinski definition) is 0. The summed E-state index contributed by atoms with van der Waals surface area (Å²) in [7, 11) is -2.59. The van der Waals surface area contributed by atoms with Gasteiger partial charge in [-0.1, -0.05) is 12.1 Å². The van der Waals surface area contributed by atoms with E-state index in [0.29, 0.717) is 6.54 Å². The number of carbonyl (C=O) groups excluding carboxylic acids is 1. The summed E-state index contributed by atoms with van der Waals surface area (Å²) in [6.45, 7) is 4.17. The number of carbonyl (C=O) groups is 1. The summed E-state index contributed by atoms with van der Waals surface area (Å²) in [6.07, 6.45) is 0. The Morgan fingerprint density at radius 1 is 1.07 bits per heavy atom. The second-order valence-corrected chi connectivity index (χ2v) is 7.73. The fourth-order valence-corrected chi connectivity index (χ4v) is 3.32. The molecule has 0 spiro atoms. The van der Waals surface area contributed by atoms with Crippen molar-refractivity contribution in [3.05, 3.63) is 59.9 Å². The van der Waals surface area contributed by atoms with E-state index in [9.17, 15) is 17.6 Å². The quantitative estimate of drug-likeness (QED) is 0.643. The van der Waals surface area contributed by atoms with Crippen molar-refractivity contribution in [3.63, 3.8) is 0 Å². The van der Waals surface area contributed by atoms with Crippen molar-refractivity contribution in [2.24, 2.45) is 0 Å².